The van der Waals surface area contributed by atoms with Gasteiger partial charge in [0, 0.05) is 17.5 Å². The number of nitrogens with two attached hydrogens (primary N) is 1. The van der Waals surface area contributed by atoms with Gasteiger partial charge in [0.25, 0.3) is 0 Å². The van der Waals surface area contributed by atoms with E-state index < -0.39 is 10.0 Å². The van der Waals surface area contributed by atoms with Gasteiger partial charge < -0.3 is 5.32 Å². The predicted octanol–water partition coefficient (Wildman–Crippen LogP) is 1.95. The third-order valence-corrected chi connectivity index (χ3v) is 5.04. The van der Waals surface area contributed by atoms with Crippen molar-refractivity contribution in [2.24, 2.45) is 5.14 Å². The molecule has 0 saturated carbocycles. The Morgan fingerprint density at radius 1 is 1.45 bits per heavy atom. The lowest BCUT2D eigenvalue weighted by Crippen LogP contribution is -2.18. The highest BCUT2D eigenvalue weighted by atomic mass is 32.2. The molecule has 0 amide bonds. The van der Waals surface area contributed by atoms with E-state index in [4.69, 9.17) is 5.14 Å². The maximum atomic E-state index is 11.3. The van der Waals surface area contributed by atoms with Crippen LogP contribution in [-0.2, 0) is 16.6 Å². The molecule has 0 aliphatic rings. The standard InChI is InChI=1S/C13H17N3O2S2/c1-9(13-10(2)16-8-19-13)15-7-11-4-3-5-12(6-11)20(14,17)18/h3-6,8-9,15H,7H2,1-2H3,(H2,14,17,18). The second-order valence-electron chi connectivity index (χ2n) is 4.60. The van der Waals surface area contributed by atoms with E-state index in [0.717, 1.165) is 11.3 Å². The molecule has 0 spiro atoms. The van der Waals surface area contributed by atoms with E-state index in [9.17, 15) is 8.42 Å². The molecule has 0 aliphatic carbocycles. The Bertz CT molecular complexity index is 695. The second kappa shape index (κ2) is 6.01. The molecule has 7 heteroatoms. The van der Waals surface area contributed by atoms with Gasteiger partial charge in [-0.2, -0.15) is 0 Å². The van der Waals surface area contributed by atoms with E-state index in [-0.39, 0.29) is 10.9 Å². The van der Waals surface area contributed by atoms with Crippen molar-refractivity contribution in [3.05, 3.63) is 45.9 Å². The summed E-state index contributed by atoms with van der Waals surface area (Å²) in [7, 11) is -3.65. The SMILES string of the molecule is Cc1ncsc1C(C)NCc1cccc(S(N)(=O)=O)c1. The molecule has 108 valence electrons. The number of rotatable bonds is 5. The Kier molecular flexibility index (Phi) is 4.54. The zero-order valence-electron chi connectivity index (χ0n) is 11.3. The zero-order valence-corrected chi connectivity index (χ0v) is 13.0. The number of aromatic nitrogens is 1. The number of primary sulfonamides is 1. The summed E-state index contributed by atoms with van der Waals surface area (Å²) in [6, 6.07) is 6.82. The topological polar surface area (TPSA) is 85.1 Å². The molecule has 0 radical (unpaired) electrons. The van der Waals surface area contributed by atoms with Crippen molar-refractivity contribution >= 4 is 21.4 Å². The maximum Gasteiger partial charge on any atom is 0.238 e. The van der Waals surface area contributed by atoms with Gasteiger partial charge in [-0.3, -0.25) is 0 Å². The van der Waals surface area contributed by atoms with Crippen molar-refractivity contribution in [1.82, 2.24) is 10.3 Å². The minimum atomic E-state index is -3.65. The second-order valence-corrected chi connectivity index (χ2v) is 7.04. The van der Waals surface area contributed by atoms with Gasteiger partial charge in [0.1, 0.15) is 0 Å². The van der Waals surface area contributed by atoms with E-state index in [1.54, 1.807) is 23.5 Å². The first-order valence-electron chi connectivity index (χ1n) is 6.13. The number of aryl methyl sites for hydroxylation is 1. The molecule has 2 aromatic rings. The van der Waals surface area contributed by atoms with Crippen molar-refractivity contribution in [3.63, 3.8) is 0 Å². The van der Waals surface area contributed by atoms with Crippen molar-refractivity contribution in [3.8, 4) is 0 Å². The third kappa shape index (κ3) is 3.63. The summed E-state index contributed by atoms with van der Waals surface area (Å²) in [5.41, 5.74) is 3.73. The molecule has 0 bridgehead atoms. The lowest BCUT2D eigenvalue weighted by molar-refractivity contribution is 0.578. The molecular formula is C13H17N3O2S2. The van der Waals surface area contributed by atoms with Crippen LogP contribution in [-0.4, -0.2) is 13.4 Å². The monoisotopic (exact) mass is 311 g/mol. The summed E-state index contributed by atoms with van der Waals surface area (Å²) in [5, 5.41) is 8.48. The Labute approximate surface area is 122 Å². The van der Waals surface area contributed by atoms with Gasteiger partial charge in [0.15, 0.2) is 0 Å². The molecule has 20 heavy (non-hydrogen) atoms. The van der Waals surface area contributed by atoms with Gasteiger partial charge in [-0.1, -0.05) is 12.1 Å². The molecule has 0 aliphatic heterocycles. The highest BCUT2D eigenvalue weighted by Gasteiger charge is 2.11. The molecule has 1 atom stereocenters. The summed E-state index contributed by atoms with van der Waals surface area (Å²) in [4.78, 5) is 5.55. The van der Waals surface area contributed by atoms with Crippen LogP contribution in [0, 0.1) is 6.92 Å². The predicted molar refractivity (Wildman–Crippen MR) is 79.9 cm³/mol. The number of nitrogens with zero attached hydrogens (tertiary/aromatic N) is 1. The summed E-state index contributed by atoms with van der Waals surface area (Å²) in [6.45, 7) is 4.61. The van der Waals surface area contributed by atoms with Crippen LogP contribution in [0.2, 0.25) is 0 Å². The number of nitrogens with one attached hydrogen (secondary N) is 1. The van der Waals surface area contributed by atoms with Crippen LogP contribution in [0.15, 0.2) is 34.7 Å². The fourth-order valence-corrected chi connectivity index (χ4v) is 3.34. The lowest BCUT2D eigenvalue weighted by atomic mass is 10.2. The molecule has 3 N–H and O–H groups in total. The van der Waals surface area contributed by atoms with Crippen LogP contribution < -0.4 is 10.5 Å². The van der Waals surface area contributed by atoms with Gasteiger partial charge in [0.05, 0.1) is 16.1 Å². The molecule has 5 nitrogen and oxygen atoms in total. The summed E-state index contributed by atoms with van der Waals surface area (Å²) in [5.74, 6) is 0. The smallest absolute Gasteiger partial charge is 0.238 e. The average Bonchev–Trinajstić information content (AvgIpc) is 2.82. The first-order valence-corrected chi connectivity index (χ1v) is 8.55. The van der Waals surface area contributed by atoms with Crippen molar-refractivity contribution in [2.45, 2.75) is 31.3 Å². The van der Waals surface area contributed by atoms with E-state index in [2.05, 4.69) is 17.2 Å². The van der Waals surface area contributed by atoms with E-state index >= 15 is 0 Å². The zero-order chi connectivity index (χ0) is 14.8. The molecule has 1 unspecified atom stereocenters. The number of sulfonamides is 1. The molecule has 2 rings (SSSR count). The van der Waals surface area contributed by atoms with Crippen LogP contribution in [0.25, 0.3) is 0 Å². The quantitative estimate of drug-likeness (QED) is 0.884. The normalized spacial score (nSPS) is 13.3. The van der Waals surface area contributed by atoms with Crippen molar-refractivity contribution < 1.29 is 8.42 Å². The minimum absolute atomic E-state index is 0.137. The Hall–Kier alpha value is -1.28. The van der Waals surface area contributed by atoms with Gasteiger partial charge >= 0.3 is 0 Å². The molecular weight excluding hydrogens is 294 g/mol. The molecule has 1 aromatic heterocycles. The van der Waals surface area contributed by atoms with E-state index in [0.29, 0.717) is 6.54 Å². The highest BCUT2D eigenvalue weighted by molar-refractivity contribution is 7.89. The Morgan fingerprint density at radius 2 is 2.20 bits per heavy atom. The number of thiazole rings is 1. The Balaban J connectivity index is 2.06. The van der Waals surface area contributed by atoms with Gasteiger partial charge in [-0.05, 0) is 31.5 Å². The first kappa shape index (κ1) is 15.1. The lowest BCUT2D eigenvalue weighted by Gasteiger charge is -2.13. The first-order chi connectivity index (χ1) is 9.38. The number of hydrogen-bond donors (Lipinski definition) is 2. The fraction of sp³-hybridized carbons (Fsp3) is 0.308. The van der Waals surface area contributed by atoms with Gasteiger partial charge in [0.2, 0.25) is 10.0 Å². The fourth-order valence-electron chi connectivity index (χ4n) is 1.92. The van der Waals surface area contributed by atoms with Crippen LogP contribution in [0.3, 0.4) is 0 Å². The third-order valence-electron chi connectivity index (χ3n) is 3.02. The average molecular weight is 311 g/mol. The number of benzene rings is 1. The van der Waals surface area contributed by atoms with Crippen LogP contribution in [0.4, 0.5) is 0 Å². The highest BCUT2D eigenvalue weighted by Crippen LogP contribution is 2.21. The van der Waals surface area contributed by atoms with Crippen molar-refractivity contribution in [1.29, 1.82) is 0 Å². The molecule has 1 heterocycles. The minimum Gasteiger partial charge on any atom is -0.305 e. The van der Waals surface area contributed by atoms with Crippen LogP contribution in [0.5, 0.6) is 0 Å². The summed E-state index contributed by atoms with van der Waals surface area (Å²) >= 11 is 1.61. The van der Waals surface area contributed by atoms with E-state index in [1.165, 1.54) is 10.9 Å². The largest absolute Gasteiger partial charge is 0.305 e. The molecule has 1 aromatic carbocycles. The molecule has 0 saturated heterocycles. The van der Waals surface area contributed by atoms with Crippen LogP contribution >= 0.6 is 11.3 Å². The van der Waals surface area contributed by atoms with E-state index in [1.807, 2.05) is 18.5 Å². The maximum absolute atomic E-state index is 11.3. The van der Waals surface area contributed by atoms with Crippen LogP contribution in [0.1, 0.15) is 29.1 Å². The van der Waals surface area contributed by atoms with Gasteiger partial charge in [-0.15, -0.1) is 11.3 Å². The Morgan fingerprint density at radius 3 is 2.80 bits per heavy atom. The number of hydrogen-bond acceptors (Lipinski definition) is 5. The van der Waals surface area contributed by atoms with Crippen molar-refractivity contribution in [2.75, 3.05) is 0 Å². The molecule has 0 fully saturated rings. The van der Waals surface area contributed by atoms with Gasteiger partial charge in [-0.25, -0.2) is 18.5 Å². The summed E-state index contributed by atoms with van der Waals surface area (Å²) in [6.07, 6.45) is 0. The summed E-state index contributed by atoms with van der Waals surface area (Å²) < 4.78 is 22.6.